The molecular formula is C24H34N2. The van der Waals surface area contributed by atoms with Crippen molar-refractivity contribution in [2.24, 2.45) is 5.92 Å². The maximum Gasteiger partial charge on any atom is 0.0512 e. The molecule has 0 aromatic rings. The minimum absolute atomic E-state index is 0.518. The van der Waals surface area contributed by atoms with E-state index >= 15 is 0 Å². The summed E-state index contributed by atoms with van der Waals surface area (Å²) in [5.74, 6) is 0.748. The fraction of sp³-hybridized carbons (Fsp3) is 0.583. The molecule has 0 aromatic heterocycles. The molecule has 1 N–H and O–H groups in total. The predicted octanol–water partition coefficient (Wildman–Crippen LogP) is 5.62. The lowest BCUT2D eigenvalue weighted by molar-refractivity contribution is 0.271. The number of nitrogens with zero attached hydrogens (tertiary/aromatic N) is 1. The van der Waals surface area contributed by atoms with Crippen LogP contribution in [-0.2, 0) is 0 Å². The first-order valence-corrected chi connectivity index (χ1v) is 10.8. The third-order valence-electron chi connectivity index (χ3n) is 6.49. The molecule has 4 aliphatic rings. The first-order chi connectivity index (χ1) is 12.8. The van der Waals surface area contributed by atoms with Crippen molar-refractivity contribution in [3.63, 3.8) is 0 Å². The second-order valence-corrected chi connectivity index (χ2v) is 8.39. The van der Waals surface area contributed by atoms with Crippen molar-refractivity contribution >= 4 is 0 Å². The van der Waals surface area contributed by atoms with Crippen LogP contribution in [0.4, 0.5) is 0 Å². The monoisotopic (exact) mass is 350 g/mol. The maximum atomic E-state index is 3.75. The van der Waals surface area contributed by atoms with Gasteiger partial charge in [0.25, 0.3) is 0 Å². The van der Waals surface area contributed by atoms with Crippen molar-refractivity contribution in [3.05, 3.63) is 59.5 Å². The fourth-order valence-electron chi connectivity index (χ4n) is 4.93. The normalized spacial score (nSPS) is 32.0. The van der Waals surface area contributed by atoms with Gasteiger partial charge in [-0.05, 0) is 75.0 Å². The Balaban J connectivity index is 1.46. The standard InChI is InChI=1S/C24H34N2/c1-19-9-7-8-18-26(24-13-6-5-12-23(19)24)22-16-14-21(15-17-22)25-20-10-3-2-4-11-20/h2-3,6,13-16,19-20,22,25H,4-5,7-12,17-18H2,1H3. The van der Waals surface area contributed by atoms with Crippen LogP contribution in [0.2, 0.25) is 0 Å². The molecule has 0 radical (unpaired) electrons. The molecule has 140 valence electrons. The first-order valence-electron chi connectivity index (χ1n) is 10.8. The zero-order valence-electron chi connectivity index (χ0n) is 16.3. The zero-order valence-corrected chi connectivity index (χ0v) is 16.3. The Bertz CT molecular complexity index is 649. The number of hydrogen-bond acceptors (Lipinski definition) is 2. The van der Waals surface area contributed by atoms with E-state index in [0.29, 0.717) is 12.1 Å². The van der Waals surface area contributed by atoms with Gasteiger partial charge in [-0.1, -0.05) is 43.7 Å². The lowest BCUT2D eigenvalue weighted by atomic mass is 9.85. The van der Waals surface area contributed by atoms with Crippen LogP contribution in [0.3, 0.4) is 0 Å². The van der Waals surface area contributed by atoms with Gasteiger partial charge in [0.15, 0.2) is 0 Å². The molecule has 4 rings (SSSR count). The minimum atomic E-state index is 0.518. The van der Waals surface area contributed by atoms with E-state index in [0.717, 1.165) is 12.3 Å². The van der Waals surface area contributed by atoms with E-state index in [9.17, 15) is 0 Å². The first kappa shape index (κ1) is 17.7. The molecule has 3 atom stereocenters. The summed E-state index contributed by atoms with van der Waals surface area (Å²) in [4.78, 5) is 2.70. The summed E-state index contributed by atoms with van der Waals surface area (Å²) in [6.45, 7) is 3.64. The van der Waals surface area contributed by atoms with E-state index in [2.05, 4.69) is 59.7 Å². The molecule has 0 amide bonds. The van der Waals surface area contributed by atoms with Gasteiger partial charge in [0.2, 0.25) is 0 Å². The lowest BCUT2D eigenvalue weighted by Gasteiger charge is -2.39. The van der Waals surface area contributed by atoms with E-state index < -0.39 is 0 Å². The van der Waals surface area contributed by atoms with E-state index in [1.807, 2.05) is 0 Å². The average Bonchev–Trinajstić information content (AvgIpc) is 2.68. The van der Waals surface area contributed by atoms with Gasteiger partial charge in [-0.15, -0.1) is 0 Å². The van der Waals surface area contributed by atoms with Gasteiger partial charge in [-0.2, -0.15) is 0 Å². The Morgan fingerprint density at radius 1 is 1.00 bits per heavy atom. The van der Waals surface area contributed by atoms with Crippen LogP contribution < -0.4 is 5.32 Å². The van der Waals surface area contributed by atoms with Crippen molar-refractivity contribution in [2.75, 3.05) is 6.54 Å². The van der Waals surface area contributed by atoms with Crippen molar-refractivity contribution in [3.8, 4) is 0 Å². The third kappa shape index (κ3) is 4.00. The van der Waals surface area contributed by atoms with E-state index in [1.165, 1.54) is 63.6 Å². The molecule has 0 aromatic carbocycles. The number of allylic oxidation sites excluding steroid dienone is 5. The zero-order chi connectivity index (χ0) is 17.8. The predicted molar refractivity (Wildman–Crippen MR) is 111 cm³/mol. The van der Waals surface area contributed by atoms with E-state index in [-0.39, 0.29) is 0 Å². The number of hydrogen-bond donors (Lipinski definition) is 1. The molecule has 26 heavy (non-hydrogen) atoms. The van der Waals surface area contributed by atoms with Gasteiger partial charge in [-0.25, -0.2) is 0 Å². The van der Waals surface area contributed by atoms with Gasteiger partial charge < -0.3 is 10.2 Å². The molecule has 2 heteroatoms. The summed E-state index contributed by atoms with van der Waals surface area (Å²) in [5.41, 5.74) is 4.58. The molecule has 1 aliphatic heterocycles. The highest BCUT2D eigenvalue weighted by molar-refractivity contribution is 5.34. The van der Waals surface area contributed by atoms with Gasteiger partial charge in [0, 0.05) is 24.0 Å². The molecule has 3 unspecified atom stereocenters. The molecule has 0 bridgehead atoms. The second-order valence-electron chi connectivity index (χ2n) is 8.39. The molecule has 0 saturated carbocycles. The van der Waals surface area contributed by atoms with Crippen molar-refractivity contribution in [2.45, 2.75) is 76.8 Å². The SMILES string of the molecule is CC1CCCCN(C2C=CC(NC3CC=CCC3)=CC2)C2=C1CCC=C2. The fourth-order valence-corrected chi connectivity index (χ4v) is 4.93. The molecule has 1 heterocycles. The van der Waals surface area contributed by atoms with E-state index in [4.69, 9.17) is 0 Å². The Hall–Kier alpha value is -1.70. The number of nitrogens with one attached hydrogen (secondary N) is 1. The topological polar surface area (TPSA) is 15.3 Å². The van der Waals surface area contributed by atoms with Crippen molar-refractivity contribution in [1.29, 1.82) is 0 Å². The quantitative estimate of drug-likeness (QED) is 0.664. The Kier molecular flexibility index (Phi) is 5.67. The third-order valence-corrected chi connectivity index (χ3v) is 6.49. The van der Waals surface area contributed by atoms with Gasteiger partial charge >= 0.3 is 0 Å². The summed E-state index contributed by atoms with van der Waals surface area (Å²) >= 11 is 0. The van der Waals surface area contributed by atoms with Crippen LogP contribution in [0, 0.1) is 5.92 Å². The highest BCUT2D eigenvalue weighted by Crippen LogP contribution is 2.35. The second kappa shape index (κ2) is 8.33. The van der Waals surface area contributed by atoms with E-state index in [1.54, 1.807) is 11.3 Å². The summed E-state index contributed by atoms with van der Waals surface area (Å²) in [7, 11) is 0. The number of rotatable bonds is 3. The van der Waals surface area contributed by atoms with Crippen molar-refractivity contribution < 1.29 is 0 Å². The smallest absolute Gasteiger partial charge is 0.0512 e. The lowest BCUT2D eigenvalue weighted by Crippen LogP contribution is -2.38. The van der Waals surface area contributed by atoms with Gasteiger partial charge in [-0.3, -0.25) is 0 Å². The molecule has 0 spiro atoms. The molecule has 0 saturated heterocycles. The maximum absolute atomic E-state index is 3.75. The highest BCUT2D eigenvalue weighted by Gasteiger charge is 2.26. The van der Waals surface area contributed by atoms with Crippen molar-refractivity contribution in [1.82, 2.24) is 10.2 Å². The summed E-state index contributed by atoms with van der Waals surface area (Å²) < 4.78 is 0. The molecule has 2 nitrogen and oxygen atoms in total. The summed E-state index contributed by atoms with van der Waals surface area (Å²) in [5, 5.41) is 3.75. The Morgan fingerprint density at radius 2 is 1.96 bits per heavy atom. The van der Waals surface area contributed by atoms with Crippen LogP contribution in [0.25, 0.3) is 0 Å². The summed E-state index contributed by atoms with van der Waals surface area (Å²) in [6.07, 6.45) is 27.9. The van der Waals surface area contributed by atoms with Crippen LogP contribution >= 0.6 is 0 Å². The molecular weight excluding hydrogens is 316 g/mol. The van der Waals surface area contributed by atoms with Crippen LogP contribution in [0.1, 0.15) is 64.7 Å². The van der Waals surface area contributed by atoms with Gasteiger partial charge in [0.05, 0.1) is 6.04 Å². The summed E-state index contributed by atoms with van der Waals surface area (Å²) in [6, 6.07) is 1.13. The Labute approximate surface area is 159 Å². The van der Waals surface area contributed by atoms with Crippen LogP contribution in [0.15, 0.2) is 59.5 Å². The van der Waals surface area contributed by atoms with Crippen LogP contribution in [-0.4, -0.2) is 23.5 Å². The minimum Gasteiger partial charge on any atom is -0.382 e. The van der Waals surface area contributed by atoms with Crippen LogP contribution in [0.5, 0.6) is 0 Å². The average molecular weight is 351 g/mol. The molecule has 0 fully saturated rings. The van der Waals surface area contributed by atoms with Gasteiger partial charge in [0.1, 0.15) is 0 Å². The Morgan fingerprint density at radius 3 is 2.77 bits per heavy atom. The molecule has 3 aliphatic carbocycles. The largest absolute Gasteiger partial charge is 0.382 e. The highest BCUT2D eigenvalue weighted by atomic mass is 15.2.